The number of alkyl halides is 3. The zero-order valence-corrected chi connectivity index (χ0v) is 20.2. The van der Waals surface area contributed by atoms with Crippen LogP contribution in [0.1, 0.15) is 42.7 Å². The molecule has 1 aliphatic rings. The van der Waals surface area contributed by atoms with Gasteiger partial charge in [-0.2, -0.15) is 13.2 Å². The van der Waals surface area contributed by atoms with Crippen molar-refractivity contribution in [3.05, 3.63) is 64.2 Å². The van der Waals surface area contributed by atoms with E-state index in [0.717, 1.165) is 12.3 Å². The monoisotopic (exact) mass is 517 g/mol. The Labute approximate surface area is 210 Å². The molecule has 2 aromatic heterocycles. The van der Waals surface area contributed by atoms with Crippen molar-refractivity contribution in [1.82, 2.24) is 25.2 Å². The minimum atomic E-state index is -4.47. The minimum absolute atomic E-state index is 0.0817. The second-order valence-electron chi connectivity index (χ2n) is 9.15. The highest BCUT2D eigenvalue weighted by molar-refractivity contribution is 5.97. The lowest BCUT2D eigenvalue weighted by Crippen LogP contribution is -2.54. The van der Waals surface area contributed by atoms with Gasteiger partial charge in [0.05, 0.1) is 16.6 Å². The van der Waals surface area contributed by atoms with Gasteiger partial charge in [-0.1, -0.05) is 26.0 Å². The molecule has 0 unspecified atom stereocenters. The number of aromatic amines is 1. The number of aromatic nitrogens is 3. The van der Waals surface area contributed by atoms with Crippen LogP contribution in [0.3, 0.4) is 0 Å². The highest BCUT2D eigenvalue weighted by Gasteiger charge is 2.33. The largest absolute Gasteiger partial charge is 0.474 e. The van der Waals surface area contributed by atoms with Crippen LogP contribution in [0.4, 0.5) is 13.2 Å². The topological polar surface area (TPSA) is 117 Å². The SMILES string of the molecule is CC(C)[C@H](NC(=O)c1nc2ccccc2[nH]c1=O)C(=O)N1CCC(Oc2ccc(C(F)(F)F)cn2)CC1. The lowest BCUT2D eigenvalue weighted by atomic mass is 10.00. The van der Waals surface area contributed by atoms with Gasteiger partial charge >= 0.3 is 6.18 Å². The van der Waals surface area contributed by atoms with Gasteiger partial charge in [0.2, 0.25) is 11.8 Å². The third kappa shape index (κ3) is 6.07. The first kappa shape index (κ1) is 26.1. The summed E-state index contributed by atoms with van der Waals surface area (Å²) < 4.78 is 43.8. The Balaban J connectivity index is 1.37. The number of carbonyl (C=O) groups excluding carboxylic acids is 2. The Morgan fingerprint density at radius 1 is 1.14 bits per heavy atom. The number of benzene rings is 1. The van der Waals surface area contributed by atoms with Gasteiger partial charge < -0.3 is 19.9 Å². The molecule has 0 saturated carbocycles. The average molecular weight is 518 g/mol. The van der Waals surface area contributed by atoms with Crippen molar-refractivity contribution in [1.29, 1.82) is 0 Å². The molecule has 0 radical (unpaired) electrons. The van der Waals surface area contributed by atoms with Gasteiger partial charge in [0.1, 0.15) is 12.1 Å². The van der Waals surface area contributed by atoms with E-state index in [1.165, 1.54) is 6.07 Å². The summed E-state index contributed by atoms with van der Waals surface area (Å²) in [6, 6.07) is 8.01. The number of pyridine rings is 1. The number of hydrogen-bond acceptors (Lipinski definition) is 6. The fourth-order valence-corrected chi connectivity index (χ4v) is 4.09. The molecule has 1 aliphatic heterocycles. The number of para-hydroxylation sites is 2. The van der Waals surface area contributed by atoms with E-state index in [4.69, 9.17) is 4.74 Å². The molecule has 1 atom stereocenters. The number of piperidine rings is 1. The zero-order chi connectivity index (χ0) is 26.7. The van der Waals surface area contributed by atoms with Gasteiger partial charge in [-0.15, -0.1) is 0 Å². The molecule has 196 valence electrons. The average Bonchev–Trinajstić information content (AvgIpc) is 2.86. The van der Waals surface area contributed by atoms with Gasteiger partial charge in [-0.05, 0) is 24.1 Å². The lowest BCUT2D eigenvalue weighted by molar-refractivity contribution is -0.138. The Morgan fingerprint density at radius 3 is 2.46 bits per heavy atom. The van der Waals surface area contributed by atoms with E-state index in [9.17, 15) is 27.6 Å². The molecule has 0 spiro atoms. The van der Waals surface area contributed by atoms with Crippen LogP contribution in [0.2, 0.25) is 0 Å². The van der Waals surface area contributed by atoms with Gasteiger partial charge in [0.15, 0.2) is 5.69 Å². The lowest BCUT2D eigenvalue weighted by Gasteiger charge is -2.35. The molecule has 0 aliphatic carbocycles. The molecule has 12 heteroatoms. The van der Waals surface area contributed by atoms with E-state index in [1.807, 2.05) is 0 Å². The summed E-state index contributed by atoms with van der Waals surface area (Å²) in [5.41, 5.74) is -0.890. The molecule has 3 heterocycles. The van der Waals surface area contributed by atoms with Gasteiger partial charge in [-0.3, -0.25) is 14.4 Å². The second-order valence-corrected chi connectivity index (χ2v) is 9.15. The summed E-state index contributed by atoms with van der Waals surface area (Å²) in [5, 5.41) is 2.66. The molecular weight excluding hydrogens is 491 g/mol. The molecule has 2 amide bonds. The zero-order valence-electron chi connectivity index (χ0n) is 20.2. The number of likely N-dealkylation sites (tertiary alicyclic amines) is 1. The van der Waals surface area contributed by atoms with Gasteiger partial charge in [0.25, 0.3) is 11.5 Å². The minimum Gasteiger partial charge on any atom is -0.474 e. The molecule has 1 saturated heterocycles. The van der Waals surface area contributed by atoms with Crippen molar-refractivity contribution < 1.29 is 27.5 Å². The Bertz CT molecular complexity index is 1330. The summed E-state index contributed by atoms with van der Waals surface area (Å²) in [6.07, 6.45) is -3.18. The first-order chi connectivity index (χ1) is 17.5. The van der Waals surface area contributed by atoms with Crippen molar-refractivity contribution in [2.45, 2.75) is 45.0 Å². The first-order valence-electron chi connectivity index (χ1n) is 11.8. The number of nitrogens with zero attached hydrogens (tertiary/aromatic N) is 3. The fraction of sp³-hybridized carbons (Fsp3) is 0.400. The maximum Gasteiger partial charge on any atom is 0.417 e. The van der Waals surface area contributed by atoms with Crippen LogP contribution in [0, 0.1) is 5.92 Å². The first-order valence-corrected chi connectivity index (χ1v) is 11.8. The van der Waals surface area contributed by atoms with Crippen molar-refractivity contribution in [2.24, 2.45) is 5.92 Å². The van der Waals surface area contributed by atoms with Crippen LogP contribution >= 0.6 is 0 Å². The summed E-state index contributed by atoms with van der Waals surface area (Å²) in [6.45, 7) is 4.23. The van der Waals surface area contributed by atoms with E-state index in [1.54, 1.807) is 43.0 Å². The van der Waals surface area contributed by atoms with Gasteiger partial charge in [-0.25, -0.2) is 9.97 Å². The van der Waals surface area contributed by atoms with Crippen LogP contribution < -0.4 is 15.6 Å². The summed E-state index contributed by atoms with van der Waals surface area (Å²) in [4.78, 5) is 50.6. The molecule has 2 N–H and O–H groups in total. The van der Waals surface area contributed by atoms with Gasteiger partial charge in [0, 0.05) is 38.2 Å². The number of rotatable bonds is 6. The second kappa shape index (κ2) is 10.6. The molecular formula is C25H26F3N5O4. The number of carbonyl (C=O) groups is 2. The third-order valence-corrected chi connectivity index (χ3v) is 6.14. The number of amides is 2. The highest BCUT2D eigenvalue weighted by Crippen LogP contribution is 2.29. The molecule has 3 aromatic rings. The predicted molar refractivity (Wildman–Crippen MR) is 128 cm³/mol. The number of halogens is 3. The Kier molecular flexibility index (Phi) is 7.46. The number of H-pyrrole nitrogens is 1. The van der Waals surface area contributed by atoms with E-state index in [0.29, 0.717) is 37.0 Å². The standard InChI is InChI=1S/C25H26F3N5O4/c1-14(2)20(32-23(35)21-22(34)31-18-6-4-3-5-17(18)30-21)24(36)33-11-9-16(10-12-33)37-19-8-7-15(13-29-19)25(26,27)28/h3-8,13-14,16,20H,9-12H2,1-2H3,(H,31,34)(H,32,35)/t20-/m0/s1. The molecule has 9 nitrogen and oxygen atoms in total. The van der Waals surface area contributed by atoms with E-state index in [-0.39, 0.29) is 29.5 Å². The van der Waals surface area contributed by atoms with E-state index in [2.05, 4.69) is 20.3 Å². The summed E-state index contributed by atoms with van der Waals surface area (Å²) in [7, 11) is 0. The van der Waals surface area contributed by atoms with Crippen molar-refractivity contribution in [3.63, 3.8) is 0 Å². The van der Waals surface area contributed by atoms with Crippen LogP contribution in [0.25, 0.3) is 11.0 Å². The van der Waals surface area contributed by atoms with Crippen LogP contribution in [-0.4, -0.2) is 56.9 Å². The number of nitrogens with one attached hydrogen (secondary N) is 2. The molecule has 4 rings (SSSR count). The Morgan fingerprint density at radius 2 is 1.84 bits per heavy atom. The molecule has 37 heavy (non-hydrogen) atoms. The molecule has 1 fully saturated rings. The number of fused-ring (bicyclic) bond motifs is 1. The normalized spacial score (nSPS) is 15.6. The van der Waals surface area contributed by atoms with E-state index >= 15 is 0 Å². The number of ether oxygens (including phenoxy) is 1. The molecule has 0 bridgehead atoms. The maximum atomic E-state index is 13.2. The van der Waals surface area contributed by atoms with E-state index < -0.39 is 29.2 Å². The summed E-state index contributed by atoms with van der Waals surface area (Å²) >= 11 is 0. The summed E-state index contributed by atoms with van der Waals surface area (Å²) in [5.74, 6) is -1.23. The van der Waals surface area contributed by atoms with Crippen molar-refractivity contribution >= 4 is 22.8 Å². The smallest absolute Gasteiger partial charge is 0.417 e. The van der Waals surface area contributed by atoms with Crippen molar-refractivity contribution in [3.8, 4) is 5.88 Å². The third-order valence-electron chi connectivity index (χ3n) is 6.14. The van der Waals surface area contributed by atoms with Crippen LogP contribution in [0.15, 0.2) is 47.4 Å². The fourth-order valence-electron chi connectivity index (χ4n) is 4.09. The number of hydrogen-bond donors (Lipinski definition) is 2. The van der Waals surface area contributed by atoms with Crippen molar-refractivity contribution in [2.75, 3.05) is 13.1 Å². The highest BCUT2D eigenvalue weighted by atomic mass is 19.4. The quantitative estimate of drug-likeness (QED) is 0.519. The molecule has 1 aromatic carbocycles. The van der Waals surface area contributed by atoms with Crippen LogP contribution in [-0.2, 0) is 11.0 Å². The van der Waals surface area contributed by atoms with Crippen LogP contribution in [0.5, 0.6) is 5.88 Å². The predicted octanol–water partition coefficient (Wildman–Crippen LogP) is 3.16. The maximum absolute atomic E-state index is 13.2. The Hall–Kier alpha value is -3.96.